The summed E-state index contributed by atoms with van der Waals surface area (Å²) >= 11 is 0. The number of hydrogen-bond donors (Lipinski definition) is 1. The molecule has 0 aromatic heterocycles. The van der Waals surface area contributed by atoms with E-state index >= 15 is 0 Å². The number of amides is 1. The number of carbonyl (C=O) groups is 3. The minimum atomic E-state index is -0.640. The number of nitrogens with two attached hydrogens (primary N) is 1. The predicted molar refractivity (Wildman–Crippen MR) is 70.3 cm³/mol. The van der Waals surface area contributed by atoms with Crippen LogP contribution < -0.4 is 5.73 Å². The van der Waals surface area contributed by atoms with E-state index in [2.05, 4.69) is 0 Å². The Morgan fingerprint density at radius 1 is 1.50 bits per heavy atom. The van der Waals surface area contributed by atoms with Crippen LogP contribution in [0.4, 0.5) is 0 Å². The van der Waals surface area contributed by atoms with E-state index in [1.54, 1.807) is 0 Å². The molecule has 4 atom stereocenters. The van der Waals surface area contributed by atoms with Crippen LogP contribution in [0.5, 0.6) is 0 Å². The lowest BCUT2D eigenvalue weighted by molar-refractivity contribution is -0.157. The quantitative estimate of drug-likeness (QED) is 0.616. The van der Waals surface area contributed by atoms with Crippen molar-refractivity contribution in [3.05, 3.63) is 11.6 Å². The van der Waals surface area contributed by atoms with Crippen molar-refractivity contribution >= 4 is 17.7 Å². The fraction of sp³-hybridized carbons (Fsp3) is 0.667. The summed E-state index contributed by atoms with van der Waals surface area (Å²) in [6, 6.07) is 0. The molecule has 4 rings (SSSR count). The molecule has 4 fully saturated rings. The second-order valence-electron chi connectivity index (χ2n) is 6.60. The zero-order chi connectivity index (χ0) is 14.7. The molecule has 0 unspecified atom stereocenters. The molecule has 5 heteroatoms. The number of ether oxygens (including phenoxy) is 1. The predicted octanol–water partition coefficient (Wildman–Crippen LogP) is 1.11. The average molecular weight is 277 g/mol. The minimum absolute atomic E-state index is 0.140. The van der Waals surface area contributed by atoms with Crippen LogP contribution >= 0.6 is 0 Å². The second-order valence-corrected chi connectivity index (χ2v) is 6.60. The Hall–Kier alpha value is -1.65. The highest BCUT2D eigenvalue weighted by Crippen LogP contribution is 2.70. The first-order valence-electron chi connectivity index (χ1n) is 7.04. The highest BCUT2D eigenvalue weighted by Gasteiger charge is 2.75. The number of esters is 1. The molecule has 0 aromatic rings. The molecular formula is C15H19NO4. The van der Waals surface area contributed by atoms with Crippen LogP contribution in [0.15, 0.2) is 11.6 Å². The summed E-state index contributed by atoms with van der Waals surface area (Å²) in [6.07, 6.45) is 4.19. The van der Waals surface area contributed by atoms with Gasteiger partial charge in [-0.3, -0.25) is 14.4 Å². The number of carbonyl (C=O) groups excluding carboxylic acids is 3. The number of rotatable bonds is 4. The van der Waals surface area contributed by atoms with Gasteiger partial charge in [0, 0.05) is 17.9 Å². The number of hydrogen-bond acceptors (Lipinski definition) is 4. The van der Waals surface area contributed by atoms with Crippen LogP contribution in [0.25, 0.3) is 0 Å². The van der Waals surface area contributed by atoms with Gasteiger partial charge in [-0.1, -0.05) is 0 Å². The maximum atomic E-state index is 12.3. The molecular weight excluding hydrogens is 258 g/mol. The number of allylic oxidation sites excluding steroid dienone is 1. The van der Waals surface area contributed by atoms with Gasteiger partial charge in [0.1, 0.15) is 5.60 Å². The van der Waals surface area contributed by atoms with Gasteiger partial charge in [-0.25, -0.2) is 0 Å². The monoisotopic (exact) mass is 277 g/mol. The first kappa shape index (κ1) is 13.3. The molecule has 5 nitrogen and oxygen atoms in total. The standard InChI is InChI=1S/C15H19NO4/c1-8(12(16)18)5-10(17)7-15-9-3-4-14(2,11(15)6-9)20-13(15)19/h5,9,11H,3-4,6-7H2,1-2H3,(H2,16,18)/b8-5+/t9-,11-,14+,15+/m0/s1. The summed E-state index contributed by atoms with van der Waals surface area (Å²) in [5.74, 6) is -0.644. The Morgan fingerprint density at radius 3 is 2.80 bits per heavy atom. The van der Waals surface area contributed by atoms with E-state index in [-0.39, 0.29) is 35.6 Å². The third kappa shape index (κ3) is 1.52. The molecule has 0 spiro atoms. The van der Waals surface area contributed by atoms with Crippen LogP contribution in [0, 0.1) is 17.3 Å². The highest BCUT2D eigenvalue weighted by molar-refractivity contribution is 6.02. The normalized spacial score (nSPS) is 41.9. The van der Waals surface area contributed by atoms with Crippen molar-refractivity contribution in [1.82, 2.24) is 0 Å². The average Bonchev–Trinajstić information content (AvgIpc) is 2.43. The van der Waals surface area contributed by atoms with Crippen LogP contribution in [-0.4, -0.2) is 23.3 Å². The Bertz CT molecular complexity index is 550. The molecule has 1 aliphatic heterocycles. The number of primary amides is 1. The molecule has 0 aromatic carbocycles. The maximum Gasteiger partial charge on any atom is 0.313 e. The molecule has 0 radical (unpaired) electrons. The fourth-order valence-electron chi connectivity index (χ4n) is 4.36. The summed E-state index contributed by atoms with van der Waals surface area (Å²) in [4.78, 5) is 35.4. The minimum Gasteiger partial charge on any atom is -0.459 e. The Labute approximate surface area is 117 Å². The lowest BCUT2D eigenvalue weighted by Gasteiger charge is -2.56. The van der Waals surface area contributed by atoms with E-state index in [0.717, 1.165) is 19.3 Å². The summed E-state index contributed by atoms with van der Waals surface area (Å²) in [7, 11) is 0. The Kier molecular flexibility index (Phi) is 2.62. The molecule has 4 aliphatic rings. The first-order chi connectivity index (χ1) is 9.29. The Balaban J connectivity index is 1.84. The van der Waals surface area contributed by atoms with Crippen molar-refractivity contribution in [2.75, 3.05) is 0 Å². The third-order valence-electron chi connectivity index (χ3n) is 5.54. The first-order valence-corrected chi connectivity index (χ1v) is 7.04. The summed E-state index contributed by atoms with van der Waals surface area (Å²) < 4.78 is 5.58. The van der Waals surface area contributed by atoms with Gasteiger partial charge in [0.05, 0.1) is 5.41 Å². The molecule has 3 saturated carbocycles. The molecule has 108 valence electrons. The van der Waals surface area contributed by atoms with Gasteiger partial charge in [-0.05, 0) is 45.1 Å². The van der Waals surface area contributed by atoms with E-state index in [4.69, 9.17) is 10.5 Å². The molecule has 2 N–H and O–H groups in total. The van der Waals surface area contributed by atoms with E-state index in [9.17, 15) is 14.4 Å². The maximum absolute atomic E-state index is 12.3. The van der Waals surface area contributed by atoms with Crippen LogP contribution in [0.3, 0.4) is 0 Å². The Morgan fingerprint density at radius 2 is 2.20 bits per heavy atom. The van der Waals surface area contributed by atoms with Gasteiger partial charge < -0.3 is 10.5 Å². The third-order valence-corrected chi connectivity index (χ3v) is 5.54. The number of fused-ring (bicyclic) bond motifs is 1. The highest BCUT2D eigenvalue weighted by atomic mass is 16.6. The van der Waals surface area contributed by atoms with Crippen molar-refractivity contribution in [3.8, 4) is 0 Å². The lowest BCUT2D eigenvalue weighted by atomic mass is 9.43. The zero-order valence-corrected chi connectivity index (χ0v) is 11.8. The molecule has 3 aliphatic carbocycles. The largest absolute Gasteiger partial charge is 0.459 e. The van der Waals surface area contributed by atoms with Gasteiger partial charge in [-0.2, -0.15) is 0 Å². The van der Waals surface area contributed by atoms with E-state index in [1.165, 1.54) is 13.0 Å². The SMILES string of the molecule is C/C(=C\C(=O)C[C@@]12C(=O)O[C@]3(C)CC[C@H]1C[C@H]23)C(N)=O. The molecule has 1 amide bonds. The van der Waals surface area contributed by atoms with Crippen LogP contribution in [0.2, 0.25) is 0 Å². The van der Waals surface area contributed by atoms with Gasteiger partial charge in [-0.15, -0.1) is 0 Å². The zero-order valence-electron chi connectivity index (χ0n) is 11.8. The van der Waals surface area contributed by atoms with Crippen molar-refractivity contribution in [3.63, 3.8) is 0 Å². The van der Waals surface area contributed by atoms with Crippen molar-refractivity contribution in [1.29, 1.82) is 0 Å². The summed E-state index contributed by atoms with van der Waals surface area (Å²) in [5.41, 5.74) is 4.32. The van der Waals surface area contributed by atoms with Crippen LogP contribution in [0.1, 0.15) is 39.5 Å². The van der Waals surface area contributed by atoms with Crippen molar-refractivity contribution in [2.24, 2.45) is 23.0 Å². The van der Waals surface area contributed by atoms with Gasteiger partial charge in [0.2, 0.25) is 5.91 Å². The molecule has 1 saturated heterocycles. The summed E-state index contributed by atoms with van der Waals surface area (Å²) in [5, 5.41) is 0. The topological polar surface area (TPSA) is 86.5 Å². The molecule has 20 heavy (non-hydrogen) atoms. The van der Waals surface area contributed by atoms with Gasteiger partial charge in [0.25, 0.3) is 0 Å². The van der Waals surface area contributed by atoms with Crippen LogP contribution in [-0.2, 0) is 19.1 Å². The van der Waals surface area contributed by atoms with Crippen molar-refractivity contribution in [2.45, 2.75) is 45.1 Å². The van der Waals surface area contributed by atoms with E-state index < -0.39 is 16.9 Å². The molecule has 1 heterocycles. The second kappa shape index (κ2) is 3.93. The van der Waals surface area contributed by atoms with Crippen molar-refractivity contribution < 1.29 is 19.1 Å². The van der Waals surface area contributed by atoms with Gasteiger partial charge in [0.15, 0.2) is 5.78 Å². The summed E-state index contributed by atoms with van der Waals surface area (Å²) in [6.45, 7) is 3.48. The van der Waals surface area contributed by atoms with E-state index in [0.29, 0.717) is 0 Å². The number of ketones is 1. The molecule has 4 bridgehead atoms. The van der Waals surface area contributed by atoms with E-state index in [1.807, 2.05) is 6.92 Å². The fourth-order valence-corrected chi connectivity index (χ4v) is 4.36. The lowest BCUT2D eigenvalue weighted by Crippen LogP contribution is -2.59. The van der Waals surface area contributed by atoms with Gasteiger partial charge >= 0.3 is 5.97 Å². The smallest absolute Gasteiger partial charge is 0.313 e.